The van der Waals surface area contributed by atoms with E-state index in [2.05, 4.69) is 0 Å². The van der Waals surface area contributed by atoms with E-state index in [9.17, 15) is 24.8 Å². The number of imide groups is 1. The molecule has 128 valence electrons. The van der Waals surface area contributed by atoms with Gasteiger partial charge in [0.1, 0.15) is 18.5 Å². The molecule has 0 aliphatic carbocycles. The maximum atomic E-state index is 12.2. The van der Waals surface area contributed by atoms with Gasteiger partial charge in [0.25, 0.3) is 17.5 Å². The van der Waals surface area contributed by atoms with E-state index in [1.807, 2.05) is 0 Å². The highest BCUT2D eigenvalue weighted by Gasteiger charge is 2.36. The van der Waals surface area contributed by atoms with E-state index in [-0.39, 0.29) is 18.8 Å². The Labute approximate surface area is 142 Å². The van der Waals surface area contributed by atoms with Gasteiger partial charge in [-0.15, -0.1) is 0 Å². The minimum atomic E-state index is -1.09. The number of carbonyl (C=O) groups is 2. The van der Waals surface area contributed by atoms with Crippen LogP contribution in [0.2, 0.25) is 0 Å². The van der Waals surface area contributed by atoms with Crippen molar-refractivity contribution < 1.29 is 24.4 Å². The molecule has 1 aliphatic heterocycles. The molecule has 8 nitrogen and oxygen atoms in total. The van der Waals surface area contributed by atoms with E-state index in [4.69, 9.17) is 4.74 Å². The number of aliphatic hydroxyl groups is 1. The van der Waals surface area contributed by atoms with Gasteiger partial charge in [0.15, 0.2) is 0 Å². The molecule has 8 heteroatoms. The highest BCUT2D eigenvalue weighted by molar-refractivity contribution is 6.21. The van der Waals surface area contributed by atoms with Crippen LogP contribution in [0.15, 0.2) is 48.5 Å². The SMILES string of the molecule is O=C1c2ccccc2C(=O)N1C[C@@H](O)COc1ccc([N+](=O)[O-])cc1. The number of benzene rings is 2. The number of nitrogens with zero attached hydrogens (tertiary/aromatic N) is 2. The van der Waals surface area contributed by atoms with Gasteiger partial charge in [-0.25, -0.2) is 0 Å². The van der Waals surface area contributed by atoms with Gasteiger partial charge >= 0.3 is 0 Å². The Hall–Kier alpha value is -3.26. The number of fused-ring (bicyclic) bond motifs is 1. The maximum absolute atomic E-state index is 12.2. The van der Waals surface area contributed by atoms with Crippen LogP contribution in [-0.4, -0.2) is 46.0 Å². The third kappa shape index (κ3) is 3.33. The number of aliphatic hydroxyl groups excluding tert-OH is 1. The highest BCUT2D eigenvalue weighted by atomic mass is 16.6. The maximum Gasteiger partial charge on any atom is 0.269 e. The molecule has 0 spiro atoms. The van der Waals surface area contributed by atoms with E-state index in [0.717, 1.165) is 4.90 Å². The molecular formula is C17H14N2O6. The largest absolute Gasteiger partial charge is 0.491 e. The second kappa shape index (κ2) is 6.70. The third-order valence-electron chi connectivity index (χ3n) is 3.76. The molecule has 0 unspecified atom stereocenters. The molecule has 1 atom stereocenters. The first-order chi connectivity index (χ1) is 12.0. The average Bonchev–Trinajstić information content (AvgIpc) is 2.86. The van der Waals surface area contributed by atoms with Crippen LogP contribution in [0.5, 0.6) is 5.75 Å². The van der Waals surface area contributed by atoms with E-state index in [1.54, 1.807) is 24.3 Å². The van der Waals surface area contributed by atoms with Gasteiger partial charge in [0.2, 0.25) is 0 Å². The van der Waals surface area contributed by atoms with Gasteiger partial charge < -0.3 is 9.84 Å². The Balaban J connectivity index is 1.58. The number of nitro benzene ring substituents is 1. The lowest BCUT2D eigenvalue weighted by molar-refractivity contribution is -0.384. The topological polar surface area (TPSA) is 110 Å². The Morgan fingerprint density at radius 2 is 1.60 bits per heavy atom. The average molecular weight is 342 g/mol. The van der Waals surface area contributed by atoms with Crippen molar-refractivity contribution >= 4 is 17.5 Å². The summed E-state index contributed by atoms with van der Waals surface area (Å²) in [4.78, 5) is 35.5. The molecule has 3 rings (SSSR count). The summed E-state index contributed by atoms with van der Waals surface area (Å²) in [6.45, 7) is -0.357. The second-order valence-electron chi connectivity index (χ2n) is 5.48. The molecule has 2 aromatic carbocycles. The lowest BCUT2D eigenvalue weighted by Gasteiger charge is -2.18. The van der Waals surface area contributed by atoms with Gasteiger partial charge in [-0.2, -0.15) is 0 Å². The summed E-state index contributed by atoms with van der Waals surface area (Å²) >= 11 is 0. The lowest BCUT2D eigenvalue weighted by Crippen LogP contribution is -2.39. The molecule has 0 aromatic heterocycles. The Morgan fingerprint density at radius 1 is 1.04 bits per heavy atom. The fourth-order valence-electron chi connectivity index (χ4n) is 2.52. The van der Waals surface area contributed by atoms with Crippen molar-refractivity contribution in [1.29, 1.82) is 0 Å². The number of hydrogen-bond donors (Lipinski definition) is 1. The van der Waals surface area contributed by atoms with Gasteiger partial charge in [0.05, 0.1) is 22.6 Å². The molecule has 1 aliphatic rings. The molecule has 0 radical (unpaired) electrons. The number of hydrogen-bond acceptors (Lipinski definition) is 6. The molecule has 0 saturated carbocycles. The van der Waals surface area contributed by atoms with Gasteiger partial charge in [-0.05, 0) is 24.3 Å². The molecule has 2 aromatic rings. The van der Waals surface area contributed by atoms with Gasteiger partial charge in [0, 0.05) is 12.1 Å². The first kappa shape index (κ1) is 16.6. The number of amides is 2. The van der Waals surface area contributed by atoms with Gasteiger partial charge in [-0.1, -0.05) is 12.1 Å². The number of rotatable bonds is 6. The van der Waals surface area contributed by atoms with Crippen molar-refractivity contribution in [3.63, 3.8) is 0 Å². The van der Waals surface area contributed by atoms with E-state index in [0.29, 0.717) is 16.9 Å². The molecule has 1 heterocycles. The summed E-state index contributed by atoms with van der Waals surface area (Å²) in [5, 5.41) is 20.6. The fraction of sp³-hybridized carbons (Fsp3) is 0.176. The number of non-ortho nitro benzene ring substituents is 1. The van der Waals surface area contributed by atoms with Crippen LogP contribution >= 0.6 is 0 Å². The second-order valence-corrected chi connectivity index (χ2v) is 5.48. The number of ether oxygens (including phenoxy) is 1. The predicted octanol–water partition coefficient (Wildman–Crippen LogP) is 1.63. The van der Waals surface area contributed by atoms with Crippen LogP contribution in [0.3, 0.4) is 0 Å². The van der Waals surface area contributed by atoms with Crippen molar-refractivity contribution in [2.45, 2.75) is 6.10 Å². The normalized spacial score (nSPS) is 14.4. The summed E-state index contributed by atoms with van der Waals surface area (Å²) in [6, 6.07) is 11.9. The third-order valence-corrected chi connectivity index (χ3v) is 3.76. The molecule has 0 saturated heterocycles. The minimum Gasteiger partial charge on any atom is -0.491 e. The number of nitro groups is 1. The monoisotopic (exact) mass is 342 g/mol. The summed E-state index contributed by atoms with van der Waals surface area (Å²) in [5.41, 5.74) is 0.561. The van der Waals surface area contributed by atoms with Crippen molar-refractivity contribution in [2.75, 3.05) is 13.2 Å². The van der Waals surface area contributed by atoms with Crippen LogP contribution in [0, 0.1) is 10.1 Å². The van der Waals surface area contributed by atoms with Crippen LogP contribution in [-0.2, 0) is 0 Å². The smallest absolute Gasteiger partial charge is 0.269 e. The standard InChI is InChI=1S/C17H14N2O6/c20-12(10-25-13-7-5-11(6-8-13)19(23)24)9-18-16(21)14-3-1-2-4-15(14)17(18)22/h1-8,12,20H,9-10H2/t12-/m1/s1. The quantitative estimate of drug-likeness (QED) is 0.485. The van der Waals surface area contributed by atoms with E-state index in [1.165, 1.54) is 24.3 Å². The number of carbonyl (C=O) groups excluding carboxylic acids is 2. The molecule has 2 amide bonds. The Morgan fingerprint density at radius 3 is 2.12 bits per heavy atom. The fourth-order valence-corrected chi connectivity index (χ4v) is 2.52. The first-order valence-electron chi connectivity index (χ1n) is 7.48. The van der Waals surface area contributed by atoms with Crippen LogP contribution in [0.4, 0.5) is 5.69 Å². The molecule has 0 fully saturated rings. The summed E-state index contributed by atoms with van der Waals surface area (Å²) in [5.74, 6) is -0.558. The van der Waals surface area contributed by atoms with Crippen LogP contribution in [0.25, 0.3) is 0 Å². The van der Waals surface area contributed by atoms with Crippen molar-refractivity contribution in [2.24, 2.45) is 0 Å². The zero-order valence-electron chi connectivity index (χ0n) is 13.0. The zero-order valence-corrected chi connectivity index (χ0v) is 13.0. The van der Waals surface area contributed by atoms with Crippen LogP contribution in [0.1, 0.15) is 20.7 Å². The Bertz CT molecular complexity index is 798. The minimum absolute atomic E-state index is 0.0704. The summed E-state index contributed by atoms with van der Waals surface area (Å²) in [7, 11) is 0. The molecular weight excluding hydrogens is 328 g/mol. The van der Waals surface area contributed by atoms with E-state index >= 15 is 0 Å². The van der Waals surface area contributed by atoms with Crippen molar-refractivity contribution in [1.82, 2.24) is 4.90 Å². The zero-order chi connectivity index (χ0) is 18.0. The summed E-state index contributed by atoms with van der Waals surface area (Å²) < 4.78 is 5.34. The number of β-amino-alcohol motifs (C(OH)–C–C–N with tert-alkyl or cyclic N) is 1. The lowest BCUT2D eigenvalue weighted by atomic mass is 10.1. The van der Waals surface area contributed by atoms with Crippen LogP contribution < -0.4 is 4.74 Å². The van der Waals surface area contributed by atoms with Crippen molar-refractivity contribution in [3.8, 4) is 5.75 Å². The first-order valence-corrected chi connectivity index (χ1v) is 7.48. The molecule has 1 N–H and O–H groups in total. The van der Waals surface area contributed by atoms with Gasteiger partial charge in [-0.3, -0.25) is 24.6 Å². The predicted molar refractivity (Wildman–Crippen MR) is 86.4 cm³/mol. The summed E-state index contributed by atoms with van der Waals surface area (Å²) in [6.07, 6.45) is -1.09. The van der Waals surface area contributed by atoms with Crippen molar-refractivity contribution in [3.05, 3.63) is 69.8 Å². The Kier molecular flexibility index (Phi) is 4.44. The van der Waals surface area contributed by atoms with E-state index < -0.39 is 22.8 Å². The highest BCUT2D eigenvalue weighted by Crippen LogP contribution is 2.23. The molecule has 25 heavy (non-hydrogen) atoms. The molecule has 0 bridgehead atoms.